The first-order chi connectivity index (χ1) is 8.70. The van der Waals surface area contributed by atoms with Gasteiger partial charge in [0.15, 0.2) is 4.34 Å². The fraction of sp³-hybridized carbons (Fsp3) is 0.333. The Morgan fingerprint density at radius 1 is 1.50 bits per heavy atom. The monoisotopic (exact) mass is 343 g/mol. The minimum Gasteiger partial charge on any atom is -0.310 e. The molecule has 0 amide bonds. The Morgan fingerprint density at radius 3 is 3.00 bits per heavy atom. The molecule has 2 rings (SSSR count). The molecule has 1 N–H and O–H groups in total. The van der Waals surface area contributed by atoms with E-state index in [-0.39, 0.29) is 0 Å². The van der Waals surface area contributed by atoms with Crippen molar-refractivity contribution < 1.29 is 0 Å². The number of benzene rings is 1. The fourth-order valence-electron chi connectivity index (χ4n) is 1.67. The molecule has 0 saturated heterocycles. The van der Waals surface area contributed by atoms with E-state index in [1.54, 1.807) is 28.6 Å². The quantitative estimate of drug-likeness (QED) is 0.885. The summed E-state index contributed by atoms with van der Waals surface area (Å²) in [5.41, 5.74) is 3.05. The summed E-state index contributed by atoms with van der Waals surface area (Å²) in [6, 6.07) is 6.70. The summed E-state index contributed by atoms with van der Waals surface area (Å²) in [7, 11) is 0. The SMILES string of the molecule is CCNC(C)c1ccc(Br)cc1Sc1nncs1. The Bertz CT molecular complexity index is 502. The summed E-state index contributed by atoms with van der Waals surface area (Å²) >= 11 is 6.75. The summed E-state index contributed by atoms with van der Waals surface area (Å²) in [5.74, 6) is 0. The number of nitrogens with one attached hydrogen (secondary N) is 1. The minimum atomic E-state index is 0.332. The number of nitrogens with zero attached hydrogens (tertiary/aromatic N) is 2. The molecule has 96 valence electrons. The highest BCUT2D eigenvalue weighted by molar-refractivity contribution is 9.10. The molecule has 1 unspecified atom stereocenters. The highest BCUT2D eigenvalue weighted by atomic mass is 79.9. The lowest BCUT2D eigenvalue weighted by Gasteiger charge is -2.16. The van der Waals surface area contributed by atoms with Gasteiger partial charge in [0.2, 0.25) is 0 Å². The molecule has 0 aliphatic heterocycles. The van der Waals surface area contributed by atoms with Gasteiger partial charge in [-0.25, -0.2) is 0 Å². The van der Waals surface area contributed by atoms with Crippen LogP contribution < -0.4 is 5.32 Å². The Kier molecular flexibility index (Phi) is 5.17. The van der Waals surface area contributed by atoms with Crippen molar-refractivity contribution in [2.75, 3.05) is 6.54 Å². The van der Waals surface area contributed by atoms with E-state index in [1.165, 1.54) is 10.5 Å². The number of rotatable bonds is 5. The predicted molar refractivity (Wildman–Crippen MR) is 80.3 cm³/mol. The molecule has 1 aromatic carbocycles. The molecule has 3 nitrogen and oxygen atoms in total. The van der Waals surface area contributed by atoms with Gasteiger partial charge in [-0.05, 0) is 31.2 Å². The van der Waals surface area contributed by atoms with E-state index in [0.717, 1.165) is 15.4 Å². The van der Waals surface area contributed by atoms with Gasteiger partial charge in [-0.2, -0.15) is 0 Å². The molecule has 18 heavy (non-hydrogen) atoms. The number of hydrogen-bond acceptors (Lipinski definition) is 5. The summed E-state index contributed by atoms with van der Waals surface area (Å²) in [5, 5.41) is 11.4. The molecular formula is C12H14BrN3S2. The lowest BCUT2D eigenvalue weighted by Crippen LogP contribution is -2.18. The Hall–Kier alpha value is -0.430. The van der Waals surface area contributed by atoms with Gasteiger partial charge in [0.1, 0.15) is 5.51 Å². The standard InChI is InChI=1S/C12H14BrN3S2/c1-3-14-8(2)10-5-4-9(13)6-11(10)18-12-16-15-7-17-12/h4-8,14H,3H2,1-2H3. The van der Waals surface area contributed by atoms with E-state index in [9.17, 15) is 0 Å². The van der Waals surface area contributed by atoms with Gasteiger partial charge in [-0.1, -0.05) is 52.0 Å². The van der Waals surface area contributed by atoms with Crippen molar-refractivity contribution in [1.82, 2.24) is 15.5 Å². The molecule has 0 aliphatic carbocycles. The molecule has 2 aromatic rings. The van der Waals surface area contributed by atoms with Crippen LogP contribution in [0.5, 0.6) is 0 Å². The van der Waals surface area contributed by atoms with Crippen LogP contribution >= 0.6 is 39.0 Å². The summed E-state index contributed by atoms with van der Waals surface area (Å²) in [4.78, 5) is 1.22. The molecular weight excluding hydrogens is 330 g/mol. The first-order valence-corrected chi connectivity index (χ1v) is 8.16. The average molecular weight is 344 g/mol. The molecule has 0 bridgehead atoms. The smallest absolute Gasteiger partial charge is 0.178 e. The number of halogens is 1. The average Bonchev–Trinajstić information content (AvgIpc) is 2.82. The van der Waals surface area contributed by atoms with Gasteiger partial charge in [-0.3, -0.25) is 0 Å². The summed E-state index contributed by atoms with van der Waals surface area (Å²) in [6.07, 6.45) is 0. The molecule has 0 aliphatic rings. The highest BCUT2D eigenvalue weighted by Gasteiger charge is 2.12. The second kappa shape index (κ2) is 6.65. The summed E-state index contributed by atoms with van der Waals surface area (Å²) in [6.45, 7) is 5.25. The van der Waals surface area contributed by atoms with Gasteiger partial charge < -0.3 is 5.32 Å². The Morgan fingerprint density at radius 2 is 2.33 bits per heavy atom. The molecule has 0 fully saturated rings. The maximum atomic E-state index is 4.08. The zero-order valence-corrected chi connectivity index (χ0v) is 13.4. The van der Waals surface area contributed by atoms with Gasteiger partial charge in [0, 0.05) is 15.4 Å². The van der Waals surface area contributed by atoms with Crippen molar-refractivity contribution in [3.05, 3.63) is 33.7 Å². The molecule has 0 radical (unpaired) electrons. The van der Waals surface area contributed by atoms with Crippen LogP contribution in [0.4, 0.5) is 0 Å². The molecule has 1 heterocycles. The number of aromatic nitrogens is 2. The van der Waals surface area contributed by atoms with Gasteiger partial charge in [-0.15, -0.1) is 10.2 Å². The van der Waals surface area contributed by atoms with E-state index in [2.05, 4.69) is 63.5 Å². The summed E-state index contributed by atoms with van der Waals surface area (Å²) < 4.78 is 2.06. The molecule has 6 heteroatoms. The largest absolute Gasteiger partial charge is 0.310 e. The number of hydrogen-bond donors (Lipinski definition) is 1. The van der Waals surface area contributed by atoms with Crippen LogP contribution in [0.3, 0.4) is 0 Å². The topological polar surface area (TPSA) is 37.8 Å². The van der Waals surface area contributed by atoms with Crippen LogP contribution in [-0.4, -0.2) is 16.7 Å². The first kappa shape index (κ1) is 14.0. The van der Waals surface area contributed by atoms with E-state index in [0.29, 0.717) is 6.04 Å². The Balaban J connectivity index is 2.28. The fourth-order valence-corrected chi connectivity index (χ4v) is 3.88. The third-order valence-electron chi connectivity index (χ3n) is 2.49. The lowest BCUT2D eigenvalue weighted by molar-refractivity contribution is 0.589. The van der Waals surface area contributed by atoms with Crippen molar-refractivity contribution in [3.63, 3.8) is 0 Å². The third-order valence-corrected chi connectivity index (χ3v) is 4.83. The third kappa shape index (κ3) is 3.54. The van der Waals surface area contributed by atoms with E-state index in [4.69, 9.17) is 0 Å². The second-order valence-electron chi connectivity index (χ2n) is 3.77. The van der Waals surface area contributed by atoms with Crippen molar-refractivity contribution >= 4 is 39.0 Å². The molecule has 0 saturated carbocycles. The maximum Gasteiger partial charge on any atom is 0.178 e. The zero-order valence-electron chi connectivity index (χ0n) is 10.2. The van der Waals surface area contributed by atoms with Gasteiger partial charge in [0.25, 0.3) is 0 Å². The predicted octanol–water partition coefficient (Wildman–Crippen LogP) is 4.12. The Labute approximate surface area is 124 Å². The van der Waals surface area contributed by atoms with E-state index >= 15 is 0 Å². The molecule has 0 spiro atoms. The van der Waals surface area contributed by atoms with Crippen LogP contribution in [0.1, 0.15) is 25.5 Å². The van der Waals surface area contributed by atoms with E-state index in [1.807, 2.05) is 0 Å². The van der Waals surface area contributed by atoms with Crippen LogP contribution in [0.2, 0.25) is 0 Å². The zero-order chi connectivity index (χ0) is 13.0. The minimum absolute atomic E-state index is 0.332. The second-order valence-corrected chi connectivity index (χ2v) is 6.81. The van der Waals surface area contributed by atoms with Crippen molar-refractivity contribution in [2.45, 2.75) is 29.1 Å². The normalized spacial score (nSPS) is 12.6. The van der Waals surface area contributed by atoms with Crippen LogP contribution in [-0.2, 0) is 0 Å². The van der Waals surface area contributed by atoms with E-state index < -0.39 is 0 Å². The van der Waals surface area contributed by atoms with Crippen molar-refractivity contribution in [2.24, 2.45) is 0 Å². The molecule has 1 aromatic heterocycles. The molecule has 1 atom stereocenters. The van der Waals surface area contributed by atoms with Gasteiger partial charge >= 0.3 is 0 Å². The lowest BCUT2D eigenvalue weighted by atomic mass is 10.1. The highest BCUT2D eigenvalue weighted by Crippen LogP contribution is 2.35. The van der Waals surface area contributed by atoms with Crippen molar-refractivity contribution in [1.29, 1.82) is 0 Å². The van der Waals surface area contributed by atoms with Crippen LogP contribution in [0.15, 0.2) is 37.4 Å². The maximum absolute atomic E-state index is 4.08. The first-order valence-electron chi connectivity index (χ1n) is 5.67. The van der Waals surface area contributed by atoms with Crippen LogP contribution in [0.25, 0.3) is 0 Å². The van der Waals surface area contributed by atoms with Crippen molar-refractivity contribution in [3.8, 4) is 0 Å². The van der Waals surface area contributed by atoms with Crippen LogP contribution in [0, 0.1) is 0 Å². The van der Waals surface area contributed by atoms with Gasteiger partial charge in [0.05, 0.1) is 0 Å².